The van der Waals surface area contributed by atoms with Crippen LogP contribution in [0.25, 0.3) is 11.3 Å². The number of amides is 1. The Bertz CT molecular complexity index is 816. The number of aromatic nitrogens is 1. The average Bonchev–Trinajstić information content (AvgIpc) is 3.05. The van der Waals surface area contributed by atoms with Crippen molar-refractivity contribution in [2.24, 2.45) is 0 Å². The number of nitrogens with one attached hydrogen (secondary N) is 1. The van der Waals surface area contributed by atoms with Crippen molar-refractivity contribution in [3.05, 3.63) is 76.1 Å². The zero-order chi connectivity index (χ0) is 17.5. The first-order valence-electron chi connectivity index (χ1n) is 8.17. The summed E-state index contributed by atoms with van der Waals surface area (Å²) >= 11 is 3.27. The van der Waals surface area contributed by atoms with Crippen molar-refractivity contribution in [2.45, 2.75) is 12.7 Å². The van der Waals surface area contributed by atoms with Crippen molar-refractivity contribution in [3.8, 4) is 11.3 Å². The Balaban J connectivity index is 1.53. The number of thiazole rings is 1. The Labute approximate surface area is 156 Å². The molecule has 0 saturated carbocycles. The fourth-order valence-electron chi connectivity index (χ4n) is 2.45. The predicted octanol–water partition coefficient (Wildman–Crippen LogP) is 4.78. The summed E-state index contributed by atoms with van der Waals surface area (Å²) < 4.78 is 0. The minimum absolute atomic E-state index is 0.0373. The number of rotatable bonds is 7. The van der Waals surface area contributed by atoms with Gasteiger partial charge >= 0.3 is 0 Å². The van der Waals surface area contributed by atoms with Gasteiger partial charge in [0.15, 0.2) is 0 Å². The summed E-state index contributed by atoms with van der Waals surface area (Å²) in [7, 11) is 0. The smallest absolute Gasteiger partial charge is 0.263 e. The number of hydrogen-bond donors (Lipinski definition) is 1. The number of hydrogen-bond acceptors (Lipinski definition) is 4. The van der Waals surface area contributed by atoms with E-state index in [1.165, 1.54) is 16.9 Å². The zero-order valence-corrected chi connectivity index (χ0v) is 15.7. The van der Waals surface area contributed by atoms with Crippen LogP contribution in [0.1, 0.15) is 20.2 Å². The third-order valence-corrected chi connectivity index (χ3v) is 5.63. The maximum absolute atomic E-state index is 12.5. The van der Waals surface area contributed by atoms with Gasteiger partial charge in [0.2, 0.25) is 0 Å². The number of nitrogens with zero attached hydrogens (tertiary/aromatic N) is 1. The highest BCUT2D eigenvalue weighted by Crippen LogP contribution is 2.27. The van der Waals surface area contributed by atoms with Crippen molar-refractivity contribution in [3.63, 3.8) is 0 Å². The molecule has 0 radical (unpaired) electrons. The van der Waals surface area contributed by atoms with Crippen molar-refractivity contribution >= 4 is 29.0 Å². The molecule has 128 valence electrons. The highest BCUT2D eigenvalue weighted by atomic mass is 32.2. The van der Waals surface area contributed by atoms with Gasteiger partial charge in [0, 0.05) is 23.6 Å². The van der Waals surface area contributed by atoms with Gasteiger partial charge in [-0.25, -0.2) is 4.98 Å². The van der Waals surface area contributed by atoms with Gasteiger partial charge in [0.1, 0.15) is 4.88 Å². The largest absolute Gasteiger partial charge is 0.350 e. The minimum Gasteiger partial charge on any atom is -0.350 e. The van der Waals surface area contributed by atoms with Gasteiger partial charge in [-0.05, 0) is 12.5 Å². The highest BCUT2D eigenvalue weighted by Gasteiger charge is 2.17. The molecule has 5 heteroatoms. The van der Waals surface area contributed by atoms with Gasteiger partial charge in [-0.1, -0.05) is 60.7 Å². The molecule has 1 aromatic heterocycles. The van der Waals surface area contributed by atoms with Crippen molar-refractivity contribution in [1.82, 2.24) is 10.3 Å². The average molecular weight is 369 g/mol. The molecule has 0 saturated heterocycles. The molecule has 2 aromatic carbocycles. The van der Waals surface area contributed by atoms with Crippen LogP contribution < -0.4 is 5.32 Å². The SMILES string of the molecule is Cc1nc(-c2ccccc2)c(C(=O)NCCSCc2ccccc2)s1. The molecule has 1 heterocycles. The second-order valence-corrected chi connectivity index (χ2v) is 7.88. The molecule has 1 amide bonds. The monoisotopic (exact) mass is 368 g/mol. The third kappa shape index (κ3) is 4.94. The van der Waals surface area contributed by atoms with Crippen LogP contribution >= 0.6 is 23.1 Å². The van der Waals surface area contributed by atoms with Crippen molar-refractivity contribution in [2.75, 3.05) is 12.3 Å². The van der Waals surface area contributed by atoms with Gasteiger partial charge < -0.3 is 5.32 Å². The summed E-state index contributed by atoms with van der Waals surface area (Å²) in [5.74, 6) is 1.81. The van der Waals surface area contributed by atoms with E-state index in [0.717, 1.165) is 27.8 Å². The number of benzene rings is 2. The lowest BCUT2D eigenvalue weighted by molar-refractivity contribution is 0.0960. The van der Waals surface area contributed by atoms with Crippen LogP contribution in [0.2, 0.25) is 0 Å². The molecule has 0 bridgehead atoms. The van der Waals surface area contributed by atoms with Gasteiger partial charge in [-0.15, -0.1) is 11.3 Å². The molecule has 0 aliphatic carbocycles. The van der Waals surface area contributed by atoms with Gasteiger partial charge in [0.25, 0.3) is 5.91 Å². The number of aryl methyl sites for hydroxylation is 1. The van der Waals surface area contributed by atoms with Crippen LogP contribution in [0, 0.1) is 6.92 Å². The first-order chi connectivity index (χ1) is 12.2. The molecule has 0 spiro atoms. The van der Waals surface area contributed by atoms with Crippen LogP contribution in [-0.4, -0.2) is 23.2 Å². The Morgan fingerprint density at radius 1 is 1.08 bits per heavy atom. The predicted molar refractivity (Wildman–Crippen MR) is 107 cm³/mol. The van der Waals surface area contributed by atoms with E-state index in [2.05, 4.69) is 34.6 Å². The molecule has 3 nitrogen and oxygen atoms in total. The van der Waals surface area contributed by atoms with Crippen LogP contribution in [0.15, 0.2) is 60.7 Å². The molecular weight excluding hydrogens is 348 g/mol. The van der Waals surface area contributed by atoms with Crippen LogP contribution in [0.5, 0.6) is 0 Å². The minimum atomic E-state index is -0.0373. The maximum atomic E-state index is 12.5. The highest BCUT2D eigenvalue weighted by molar-refractivity contribution is 7.98. The van der Waals surface area contributed by atoms with E-state index in [1.54, 1.807) is 0 Å². The summed E-state index contributed by atoms with van der Waals surface area (Å²) in [4.78, 5) is 17.8. The molecule has 0 aliphatic heterocycles. The molecule has 3 aromatic rings. The molecule has 0 atom stereocenters. The standard InChI is InChI=1S/C20H20N2OS2/c1-15-22-18(17-10-6-3-7-11-17)19(25-15)20(23)21-12-13-24-14-16-8-4-2-5-9-16/h2-11H,12-14H2,1H3,(H,21,23). The zero-order valence-electron chi connectivity index (χ0n) is 14.1. The molecule has 1 N–H and O–H groups in total. The van der Waals surface area contributed by atoms with E-state index in [9.17, 15) is 4.79 Å². The Kier molecular flexibility index (Phi) is 6.25. The van der Waals surface area contributed by atoms with E-state index >= 15 is 0 Å². The van der Waals surface area contributed by atoms with Crippen molar-refractivity contribution in [1.29, 1.82) is 0 Å². The first kappa shape index (κ1) is 17.7. The van der Waals surface area contributed by atoms with Gasteiger partial charge in [-0.3, -0.25) is 4.79 Å². The number of thioether (sulfide) groups is 1. The van der Waals surface area contributed by atoms with Crippen molar-refractivity contribution < 1.29 is 4.79 Å². The summed E-state index contributed by atoms with van der Waals surface area (Å²) in [6.07, 6.45) is 0. The van der Waals surface area contributed by atoms with E-state index in [0.29, 0.717) is 11.4 Å². The lowest BCUT2D eigenvalue weighted by Gasteiger charge is -2.06. The molecular formula is C20H20N2OS2. The molecule has 25 heavy (non-hydrogen) atoms. The molecule has 3 rings (SSSR count). The molecule has 0 fully saturated rings. The van der Waals surface area contributed by atoms with Gasteiger partial charge in [0.05, 0.1) is 10.7 Å². The summed E-state index contributed by atoms with van der Waals surface area (Å²) in [6, 6.07) is 20.2. The van der Waals surface area contributed by atoms with E-state index in [-0.39, 0.29) is 5.91 Å². The maximum Gasteiger partial charge on any atom is 0.263 e. The lowest BCUT2D eigenvalue weighted by atomic mass is 10.1. The third-order valence-electron chi connectivity index (χ3n) is 3.63. The summed E-state index contributed by atoms with van der Waals surface area (Å²) in [6.45, 7) is 2.59. The number of carbonyl (C=O) groups is 1. The van der Waals surface area contributed by atoms with Gasteiger partial charge in [-0.2, -0.15) is 11.8 Å². The quantitative estimate of drug-likeness (QED) is 0.610. The molecule has 0 aliphatic rings. The van der Waals surface area contributed by atoms with Crippen LogP contribution in [0.4, 0.5) is 0 Å². The van der Waals surface area contributed by atoms with Crippen LogP contribution in [0.3, 0.4) is 0 Å². The Morgan fingerprint density at radius 3 is 2.48 bits per heavy atom. The topological polar surface area (TPSA) is 42.0 Å². The van der Waals surface area contributed by atoms with Crippen LogP contribution in [-0.2, 0) is 5.75 Å². The Morgan fingerprint density at radius 2 is 1.76 bits per heavy atom. The summed E-state index contributed by atoms with van der Waals surface area (Å²) in [5.41, 5.74) is 3.07. The summed E-state index contributed by atoms with van der Waals surface area (Å²) in [5, 5.41) is 3.92. The fourth-order valence-corrected chi connectivity index (χ4v) is 4.13. The van der Waals surface area contributed by atoms with E-state index < -0.39 is 0 Å². The van der Waals surface area contributed by atoms with E-state index in [1.807, 2.05) is 55.1 Å². The second kappa shape index (κ2) is 8.83. The van der Waals surface area contributed by atoms with E-state index in [4.69, 9.17) is 0 Å². The fraction of sp³-hybridized carbons (Fsp3) is 0.200. The first-order valence-corrected chi connectivity index (χ1v) is 10.1. The second-order valence-electron chi connectivity index (χ2n) is 5.57. The lowest BCUT2D eigenvalue weighted by Crippen LogP contribution is -2.25. The Hall–Kier alpha value is -2.11. The normalized spacial score (nSPS) is 10.6. The molecule has 0 unspecified atom stereocenters. The number of carbonyl (C=O) groups excluding carboxylic acids is 1.